The summed E-state index contributed by atoms with van der Waals surface area (Å²) in [5, 5.41) is 0. The van der Waals surface area contributed by atoms with Crippen molar-refractivity contribution in [1.29, 1.82) is 0 Å². The largest absolute Gasteiger partial charge is 0.373 e. The zero-order chi connectivity index (χ0) is 9.82. The third-order valence-electron chi connectivity index (χ3n) is 0.969. The highest BCUT2D eigenvalue weighted by Gasteiger charge is 1.76. The third-order valence-corrected chi connectivity index (χ3v) is 0.969. The maximum absolute atomic E-state index is 9.81. The molecule has 0 aromatic rings. The molecule has 0 unspecified atom stereocenters. The summed E-state index contributed by atoms with van der Waals surface area (Å²) in [4.78, 5) is 9.81. The van der Waals surface area contributed by atoms with Crippen molar-refractivity contribution in [2.45, 2.75) is 20.3 Å². The first-order valence-corrected chi connectivity index (χ1v) is 3.98. The highest BCUT2D eigenvalue weighted by Crippen LogP contribution is 1.72. The van der Waals surface area contributed by atoms with E-state index in [4.69, 9.17) is 4.74 Å². The Hall–Kier alpha value is -0.890. The molecule has 70 valence electrons. The lowest BCUT2D eigenvalue weighted by Crippen LogP contribution is -1.87. The Morgan fingerprint density at radius 3 is 1.83 bits per heavy atom. The van der Waals surface area contributed by atoms with Crippen LogP contribution in [0.2, 0.25) is 0 Å². The van der Waals surface area contributed by atoms with Gasteiger partial charge in [-0.25, -0.2) is 0 Å². The minimum atomic E-state index is 0.255. The van der Waals surface area contributed by atoms with Crippen molar-refractivity contribution in [2.75, 3.05) is 13.2 Å². The van der Waals surface area contributed by atoms with Gasteiger partial charge in [0.2, 0.25) is 0 Å². The van der Waals surface area contributed by atoms with Crippen LogP contribution in [-0.4, -0.2) is 19.0 Å². The second-order valence-electron chi connectivity index (χ2n) is 2.17. The SMILES string of the molecule is C=CCOCC=C.CCC(C)=O. The highest BCUT2D eigenvalue weighted by molar-refractivity contribution is 5.74. The number of ether oxygens (including phenoxy) is 1. The minimum Gasteiger partial charge on any atom is -0.373 e. The highest BCUT2D eigenvalue weighted by atomic mass is 16.5. The van der Waals surface area contributed by atoms with E-state index in [0.29, 0.717) is 19.6 Å². The number of hydrogen-bond donors (Lipinski definition) is 0. The molecule has 0 amide bonds. The zero-order valence-electron chi connectivity index (χ0n) is 8.01. The fourth-order valence-corrected chi connectivity index (χ4v) is 0.235. The van der Waals surface area contributed by atoms with Gasteiger partial charge in [0.15, 0.2) is 0 Å². The van der Waals surface area contributed by atoms with Crippen LogP contribution < -0.4 is 0 Å². The molecule has 0 aromatic carbocycles. The number of rotatable bonds is 5. The fourth-order valence-electron chi connectivity index (χ4n) is 0.235. The average Bonchev–Trinajstić information content (AvgIpc) is 2.07. The smallest absolute Gasteiger partial charge is 0.129 e. The lowest BCUT2D eigenvalue weighted by Gasteiger charge is -1.89. The van der Waals surface area contributed by atoms with E-state index in [0.717, 1.165) is 0 Å². The Morgan fingerprint density at radius 2 is 1.67 bits per heavy atom. The normalized spacial score (nSPS) is 7.83. The maximum Gasteiger partial charge on any atom is 0.129 e. The van der Waals surface area contributed by atoms with Gasteiger partial charge in [-0.3, -0.25) is 0 Å². The molecule has 0 fully saturated rings. The molecule has 2 nitrogen and oxygen atoms in total. The van der Waals surface area contributed by atoms with Gasteiger partial charge in [0.1, 0.15) is 5.78 Å². The van der Waals surface area contributed by atoms with E-state index in [1.54, 1.807) is 19.1 Å². The van der Waals surface area contributed by atoms with Gasteiger partial charge in [-0.2, -0.15) is 0 Å². The Bertz CT molecular complexity index is 120. The van der Waals surface area contributed by atoms with Gasteiger partial charge in [-0.15, -0.1) is 13.2 Å². The summed E-state index contributed by atoms with van der Waals surface area (Å²) < 4.78 is 4.90. The van der Waals surface area contributed by atoms with Crippen LogP contribution in [0.1, 0.15) is 20.3 Å². The summed E-state index contributed by atoms with van der Waals surface area (Å²) in [6.45, 7) is 11.6. The monoisotopic (exact) mass is 170 g/mol. The zero-order valence-corrected chi connectivity index (χ0v) is 8.01. The number of carbonyl (C=O) groups excluding carboxylic acids is 1. The molecule has 0 aliphatic heterocycles. The summed E-state index contributed by atoms with van der Waals surface area (Å²) >= 11 is 0. The summed E-state index contributed by atoms with van der Waals surface area (Å²) in [5.41, 5.74) is 0. The van der Waals surface area contributed by atoms with E-state index in [1.807, 2.05) is 6.92 Å². The molecule has 0 aromatic heterocycles. The van der Waals surface area contributed by atoms with Crippen molar-refractivity contribution in [2.24, 2.45) is 0 Å². The van der Waals surface area contributed by atoms with Crippen LogP contribution >= 0.6 is 0 Å². The Kier molecular flexibility index (Phi) is 14.5. The summed E-state index contributed by atoms with van der Waals surface area (Å²) in [6, 6.07) is 0. The molecular formula is C10H18O2. The molecule has 0 heterocycles. The molecule has 0 rings (SSSR count). The van der Waals surface area contributed by atoms with Crippen molar-refractivity contribution in [3.63, 3.8) is 0 Å². The van der Waals surface area contributed by atoms with Gasteiger partial charge in [0.05, 0.1) is 13.2 Å². The minimum absolute atomic E-state index is 0.255. The molecule has 0 saturated carbocycles. The van der Waals surface area contributed by atoms with Gasteiger partial charge in [-0.1, -0.05) is 19.1 Å². The van der Waals surface area contributed by atoms with Crippen LogP contribution in [0.25, 0.3) is 0 Å². The predicted octanol–water partition coefficient (Wildman–Crippen LogP) is 2.36. The molecule has 12 heavy (non-hydrogen) atoms. The van der Waals surface area contributed by atoms with E-state index >= 15 is 0 Å². The average molecular weight is 170 g/mol. The number of carbonyl (C=O) groups is 1. The molecule has 0 N–H and O–H groups in total. The van der Waals surface area contributed by atoms with Gasteiger partial charge in [0.25, 0.3) is 0 Å². The molecule has 0 aliphatic rings. The van der Waals surface area contributed by atoms with Gasteiger partial charge in [-0.05, 0) is 6.92 Å². The van der Waals surface area contributed by atoms with Crippen LogP contribution in [0.5, 0.6) is 0 Å². The van der Waals surface area contributed by atoms with Crippen molar-refractivity contribution in [3.8, 4) is 0 Å². The summed E-state index contributed by atoms with van der Waals surface area (Å²) in [5.74, 6) is 0.255. The first-order chi connectivity index (χ1) is 5.68. The molecule has 0 radical (unpaired) electrons. The van der Waals surface area contributed by atoms with E-state index in [9.17, 15) is 4.79 Å². The Labute approximate surface area is 74.9 Å². The standard InChI is InChI=1S/C6H10O.C4H8O/c1-3-5-7-6-4-2;1-3-4(2)5/h3-4H,1-2,5-6H2;3H2,1-2H3. The topological polar surface area (TPSA) is 26.3 Å². The van der Waals surface area contributed by atoms with Crippen LogP contribution in [0, 0.1) is 0 Å². The van der Waals surface area contributed by atoms with Crippen molar-refractivity contribution >= 4 is 5.78 Å². The van der Waals surface area contributed by atoms with Crippen molar-refractivity contribution < 1.29 is 9.53 Å². The first kappa shape index (κ1) is 13.7. The molecule has 0 aliphatic carbocycles. The lowest BCUT2D eigenvalue weighted by molar-refractivity contribution is -0.116. The fraction of sp³-hybridized carbons (Fsp3) is 0.500. The molecule has 0 bridgehead atoms. The molecular weight excluding hydrogens is 152 g/mol. The molecule has 0 atom stereocenters. The van der Waals surface area contributed by atoms with Crippen LogP contribution in [-0.2, 0) is 9.53 Å². The third kappa shape index (κ3) is 22.9. The van der Waals surface area contributed by atoms with Gasteiger partial charge < -0.3 is 9.53 Å². The van der Waals surface area contributed by atoms with Crippen LogP contribution in [0.4, 0.5) is 0 Å². The maximum atomic E-state index is 9.81. The Balaban J connectivity index is 0. The van der Waals surface area contributed by atoms with Crippen LogP contribution in [0.3, 0.4) is 0 Å². The molecule has 2 heteroatoms. The number of Topliss-reactive ketones (excluding diaryl/α,β-unsaturated/α-hetero) is 1. The van der Waals surface area contributed by atoms with E-state index in [1.165, 1.54) is 0 Å². The lowest BCUT2D eigenvalue weighted by atomic mass is 10.4. The number of ketones is 1. The second kappa shape index (κ2) is 12.8. The summed E-state index contributed by atoms with van der Waals surface area (Å²) in [6.07, 6.45) is 4.09. The van der Waals surface area contributed by atoms with Crippen LogP contribution in [0.15, 0.2) is 25.3 Å². The summed E-state index contributed by atoms with van der Waals surface area (Å²) in [7, 11) is 0. The molecule has 0 spiro atoms. The first-order valence-electron chi connectivity index (χ1n) is 3.98. The Morgan fingerprint density at radius 1 is 1.33 bits per heavy atom. The van der Waals surface area contributed by atoms with Gasteiger partial charge in [0, 0.05) is 6.42 Å². The van der Waals surface area contributed by atoms with E-state index in [2.05, 4.69) is 13.2 Å². The van der Waals surface area contributed by atoms with E-state index in [-0.39, 0.29) is 5.78 Å². The number of hydrogen-bond acceptors (Lipinski definition) is 2. The quantitative estimate of drug-likeness (QED) is 0.467. The second-order valence-corrected chi connectivity index (χ2v) is 2.17. The predicted molar refractivity (Wildman–Crippen MR) is 52.2 cm³/mol. The van der Waals surface area contributed by atoms with Gasteiger partial charge >= 0.3 is 0 Å². The van der Waals surface area contributed by atoms with Crippen molar-refractivity contribution in [3.05, 3.63) is 25.3 Å². The van der Waals surface area contributed by atoms with E-state index < -0.39 is 0 Å². The molecule has 0 saturated heterocycles. The van der Waals surface area contributed by atoms with Crippen molar-refractivity contribution in [1.82, 2.24) is 0 Å².